The summed E-state index contributed by atoms with van der Waals surface area (Å²) in [7, 11) is 0. The van der Waals surface area contributed by atoms with Crippen LogP contribution in [0.4, 0.5) is 15.9 Å². The van der Waals surface area contributed by atoms with Crippen LogP contribution in [0.1, 0.15) is 10.4 Å². The number of nitro groups is 1. The number of anilines is 1. The third-order valence-corrected chi connectivity index (χ3v) is 2.38. The van der Waals surface area contributed by atoms with Gasteiger partial charge in [0, 0.05) is 11.6 Å². The van der Waals surface area contributed by atoms with E-state index in [-0.39, 0.29) is 22.6 Å². The predicted molar refractivity (Wildman–Crippen MR) is 60.4 cm³/mol. The molecule has 3 N–H and O–H groups in total. The Bertz CT molecular complexity index is 638. The topological polar surface area (TPSA) is 115 Å². The molecule has 0 saturated heterocycles. The third kappa shape index (κ3) is 1.79. The molecule has 0 radical (unpaired) electrons. The first-order valence-corrected chi connectivity index (χ1v) is 4.78. The summed E-state index contributed by atoms with van der Waals surface area (Å²) in [5.74, 6) is -0.976. The molecule has 18 heavy (non-hydrogen) atoms. The van der Waals surface area contributed by atoms with Crippen molar-refractivity contribution in [2.75, 3.05) is 5.73 Å². The van der Waals surface area contributed by atoms with Crippen molar-refractivity contribution in [1.82, 2.24) is 10.2 Å². The van der Waals surface area contributed by atoms with E-state index in [1.807, 2.05) is 0 Å². The number of benzene rings is 1. The van der Waals surface area contributed by atoms with Crippen molar-refractivity contribution in [1.29, 1.82) is 0 Å². The number of nitrogen functional groups attached to an aromatic ring is 1. The Morgan fingerprint density at radius 2 is 2.22 bits per heavy atom. The molecule has 2 rings (SSSR count). The third-order valence-electron chi connectivity index (χ3n) is 2.38. The molecule has 0 atom stereocenters. The van der Waals surface area contributed by atoms with Crippen LogP contribution in [0, 0.1) is 15.9 Å². The van der Waals surface area contributed by atoms with Gasteiger partial charge in [0.25, 0.3) is 0 Å². The van der Waals surface area contributed by atoms with Crippen molar-refractivity contribution in [3.63, 3.8) is 0 Å². The predicted octanol–water partition coefficient (Wildman–Crippen LogP) is 1.52. The summed E-state index contributed by atoms with van der Waals surface area (Å²) in [6, 6.07) is 3.25. The lowest BCUT2D eigenvalue weighted by Gasteiger charge is -2.00. The maximum Gasteiger partial charge on any atom is 0.305 e. The van der Waals surface area contributed by atoms with Crippen molar-refractivity contribution in [2.45, 2.75) is 0 Å². The summed E-state index contributed by atoms with van der Waals surface area (Å²) in [5.41, 5.74) is 5.30. The van der Waals surface area contributed by atoms with Gasteiger partial charge >= 0.3 is 5.69 Å². The standard InChI is InChI=1S/C10H7FN4O3/c11-7-2-1-5(3-8(7)15(17)18)9-6(4-16)10(12)14-13-9/h1-4H,(H3,12,13,14). The maximum atomic E-state index is 13.2. The molecule has 0 fully saturated rings. The number of aromatic nitrogens is 2. The van der Waals surface area contributed by atoms with Crippen LogP contribution in [0.3, 0.4) is 0 Å². The van der Waals surface area contributed by atoms with E-state index in [1.54, 1.807) is 0 Å². The van der Waals surface area contributed by atoms with Crippen molar-refractivity contribution < 1.29 is 14.1 Å². The van der Waals surface area contributed by atoms with Crippen molar-refractivity contribution >= 4 is 17.8 Å². The number of carbonyl (C=O) groups excluding carboxylic acids is 1. The van der Waals surface area contributed by atoms with E-state index in [2.05, 4.69) is 10.2 Å². The molecular weight excluding hydrogens is 243 g/mol. The van der Waals surface area contributed by atoms with E-state index in [0.717, 1.165) is 12.1 Å². The second kappa shape index (κ2) is 4.24. The number of nitro benzene ring substituents is 1. The van der Waals surface area contributed by atoms with Gasteiger partial charge in [0.1, 0.15) is 0 Å². The van der Waals surface area contributed by atoms with Crippen LogP contribution in [0.15, 0.2) is 18.2 Å². The van der Waals surface area contributed by atoms with Crippen LogP contribution >= 0.6 is 0 Å². The highest BCUT2D eigenvalue weighted by Gasteiger charge is 2.18. The van der Waals surface area contributed by atoms with Gasteiger partial charge in [0.05, 0.1) is 16.2 Å². The molecule has 0 spiro atoms. The Labute approximate surface area is 99.6 Å². The first-order valence-electron chi connectivity index (χ1n) is 4.78. The fourth-order valence-corrected chi connectivity index (χ4v) is 1.51. The molecular formula is C10H7FN4O3. The van der Waals surface area contributed by atoms with Crippen LogP contribution in [-0.4, -0.2) is 21.4 Å². The SMILES string of the molecule is Nc1n[nH]c(-c2ccc(F)c([N+](=O)[O-])c2)c1C=O. The summed E-state index contributed by atoms with van der Waals surface area (Å²) in [6.45, 7) is 0. The lowest BCUT2D eigenvalue weighted by Crippen LogP contribution is -1.94. The molecule has 0 aliphatic heterocycles. The fourth-order valence-electron chi connectivity index (χ4n) is 1.51. The molecule has 7 nitrogen and oxygen atoms in total. The molecule has 2 aromatic rings. The van der Waals surface area contributed by atoms with Gasteiger partial charge in [0.15, 0.2) is 12.1 Å². The van der Waals surface area contributed by atoms with Crippen LogP contribution < -0.4 is 5.73 Å². The second-order valence-corrected chi connectivity index (χ2v) is 3.44. The number of aromatic amines is 1. The quantitative estimate of drug-likeness (QED) is 0.486. The lowest BCUT2D eigenvalue weighted by molar-refractivity contribution is -0.387. The van der Waals surface area contributed by atoms with E-state index in [4.69, 9.17) is 5.73 Å². The van der Waals surface area contributed by atoms with E-state index in [9.17, 15) is 19.3 Å². The minimum atomic E-state index is -0.955. The highest BCUT2D eigenvalue weighted by molar-refractivity contribution is 5.91. The van der Waals surface area contributed by atoms with E-state index < -0.39 is 16.4 Å². The van der Waals surface area contributed by atoms with Gasteiger partial charge in [-0.15, -0.1) is 0 Å². The molecule has 0 aliphatic carbocycles. The van der Waals surface area contributed by atoms with Crippen LogP contribution in [0.25, 0.3) is 11.3 Å². The number of H-pyrrole nitrogens is 1. The monoisotopic (exact) mass is 250 g/mol. The number of nitrogens with one attached hydrogen (secondary N) is 1. The zero-order valence-corrected chi connectivity index (χ0v) is 8.88. The number of rotatable bonds is 3. The first kappa shape index (κ1) is 11.7. The largest absolute Gasteiger partial charge is 0.382 e. The molecule has 1 heterocycles. The number of nitrogens with zero attached hydrogens (tertiary/aromatic N) is 2. The molecule has 0 unspecified atom stereocenters. The number of carbonyl (C=O) groups is 1. The molecule has 0 amide bonds. The summed E-state index contributed by atoms with van der Waals surface area (Å²) >= 11 is 0. The van der Waals surface area contributed by atoms with Crippen molar-refractivity contribution in [2.24, 2.45) is 0 Å². The summed E-state index contributed by atoms with van der Waals surface area (Å²) < 4.78 is 13.2. The molecule has 8 heteroatoms. The van der Waals surface area contributed by atoms with Gasteiger partial charge in [0.2, 0.25) is 5.82 Å². The highest BCUT2D eigenvalue weighted by atomic mass is 19.1. The second-order valence-electron chi connectivity index (χ2n) is 3.44. The van der Waals surface area contributed by atoms with Gasteiger partial charge < -0.3 is 5.73 Å². The minimum Gasteiger partial charge on any atom is -0.382 e. The van der Waals surface area contributed by atoms with Gasteiger partial charge in [-0.3, -0.25) is 20.0 Å². The van der Waals surface area contributed by atoms with E-state index >= 15 is 0 Å². The van der Waals surface area contributed by atoms with Gasteiger partial charge in [-0.25, -0.2) is 0 Å². The molecule has 92 valence electrons. The van der Waals surface area contributed by atoms with Gasteiger partial charge in [-0.2, -0.15) is 9.49 Å². The number of nitrogens with two attached hydrogens (primary N) is 1. The van der Waals surface area contributed by atoms with Crippen LogP contribution in [0.5, 0.6) is 0 Å². The maximum absolute atomic E-state index is 13.2. The van der Waals surface area contributed by atoms with Crippen molar-refractivity contribution in [3.05, 3.63) is 39.7 Å². The Morgan fingerprint density at radius 1 is 1.50 bits per heavy atom. The van der Waals surface area contributed by atoms with E-state index in [1.165, 1.54) is 6.07 Å². The Balaban J connectivity index is 2.61. The number of hydrogen-bond donors (Lipinski definition) is 2. The summed E-state index contributed by atoms with van der Waals surface area (Å²) in [6.07, 6.45) is 0.476. The first-order chi connectivity index (χ1) is 8.54. The Morgan fingerprint density at radius 3 is 2.83 bits per heavy atom. The smallest absolute Gasteiger partial charge is 0.305 e. The number of halogens is 1. The highest BCUT2D eigenvalue weighted by Crippen LogP contribution is 2.28. The lowest BCUT2D eigenvalue weighted by atomic mass is 10.1. The fraction of sp³-hybridized carbons (Fsp3) is 0. The van der Waals surface area contributed by atoms with Gasteiger partial charge in [-0.1, -0.05) is 0 Å². The molecule has 0 bridgehead atoms. The van der Waals surface area contributed by atoms with E-state index in [0.29, 0.717) is 6.29 Å². The summed E-state index contributed by atoms with van der Waals surface area (Å²) in [5, 5.41) is 16.7. The zero-order chi connectivity index (χ0) is 13.3. The molecule has 0 aliphatic rings. The minimum absolute atomic E-state index is 0.0213. The van der Waals surface area contributed by atoms with Crippen LogP contribution in [0.2, 0.25) is 0 Å². The number of hydrogen-bond acceptors (Lipinski definition) is 5. The van der Waals surface area contributed by atoms with Crippen LogP contribution in [-0.2, 0) is 0 Å². The average Bonchev–Trinajstić information content (AvgIpc) is 2.70. The molecule has 0 saturated carbocycles. The number of aldehydes is 1. The Hall–Kier alpha value is -2.77. The zero-order valence-electron chi connectivity index (χ0n) is 8.88. The van der Waals surface area contributed by atoms with Gasteiger partial charge in [-0.05, 0) is 12.1 Å². The summed E-state index contributed by atoms with van der Waals surface area (Å²) in [4.78, 5) is 20.6. The normalized spacial score (nSPS) is 10.3. The molecule has 1 aromatic carbocycles. The molecule has 1 aromatic heterocycles. The van der Waals surface area contributed by atoms with Crippen molar-refractivity contribution in [3.8, 4) is 11.3 Å². The average molecular weight is 250 g/mol. The Kier molecular flexibility index (Phi) is 2.76.